The predicted molar refractivity (Wildman–Crippen MR) is 94.7 cm³/mol. The molecule has 2 rings (SSSR count). The zero-order valence-corrected chi connectivity index (χ0v) is 15.4. The third kappa shape index (κ3) is 5.76. The molecule has 0 atom stereocenters. The number of carbonyl (C=O) groups is 1. The Labute approximate surface area is 145 Å². The van der Waals surface area contributed by atoms with Crippen LogP contribution in [0.2, 0.25) is 0 Å². The van der Waals surface area contributed by atoms with Gasteiger partial charge in [-0.05, 0) is 38.9 Å². The lowest BCUT2D eigenvalue weighted by atomic mass is 10.1. The number of rotatable bonds is 3. The van der Waals surface area contributed by atoms with Crippen molar-refractivity contribution in [3.63, 3.8) is 0 Å². The van der Waals surface area contributed by atoms with E-state index in [0.29, 0.717) is 6.54 Å². The van der Waals surface area contributed by atoms with E-state index in [-0.39, 0.29) is 30.8 Å². The fourth-order valence-electron chi connectivity index (χ4n) is 2.66. The molecule has 0 bridgehead atoms. The van der Waals surface area contributed by atoms with Gasteiger partial charge in [0.2, 0.25) is 0 Å². The normalized spacial score (nSPS) is 15.6. The molecule has 0 amide bonds. The molecule has 6 heteroatoms. The third-order valence-electron chi connectivity index (χ3n) is 3.77. The molecule has 0 radical (unpaired) electrons. The Morgan fingerprint density at radius 2 is 1.55 bits per heavy atom. The molecule has 1 saturated heterocycles. The molecule has 0 N–H and O–H groups in total. The Bertz CT molecular complexity index is 478. The number of hydrogen-bond donors (Lipinski definition) is 0. The molecule has 1 fully saturated rings. The first-order chi connectivity index (χ1) is 9.45. The first-order valence-corrected chi connectivity index (χ1v) is 7.15. The van der Waals surface area contributed by atoms with Gasteiger partial charge in [0.05, 0.1) is 6.54 Å². The van der Waals surface area contributed by atoms with Gasteiger partial charge in [0.25, 0.3) is 0 Å². The van der Waals surface area contributed by atoms with Gasteiger partial charge in [-0.25, -0.2) is 0 Å². The van der Waals surface area contributed by atoms with Crippen LogP contribution in [-0.2, 0) is 4.79 Å². The highest BCUT2D eigenvalue weighted by atomic mass is 35.5. The van der Waals surface area contributed by atoms with Gasteiger partial charge in [0.15, 0.2) is 0 Å². The zero-order chi connectivity index (χ0) is 14.7. The zero-order valence-electron chi connectivity index (χ0n) is 13.7. The number of piperazine rings is 1. The smallest absolute Gasteiger partial charge is 0.325 e. The van der Waals surface area contributed by atoms with Gasteiger partial charge in [-0.2, -0.15) is 0 Å². The first-order valence-electron chi connectivity index (χ1n) is 7.15. The molecule has 1 heterocycles. The summed E-state index contributed by atoms with van der Waals surface area (Å²) in [6.07, 6.45) is 0. The largest absolute Gasteiger partial charge is 0.425 e. The van der Waals surface area contributed by atoms with E-state index < -0.39 is 0 Å². The van der Waals surface area contributed by atoms with Crippen molar-refractivity contribution in [2.24, 2.45) is 0 Å². The van der Waals surface area contributed by atoms with Gasteiger partial charge < -0.3 is 9.64 Å². The maximum absolute atomic E-state index is 12.1. The lowest BCUT2D eigenvalue weighted by Gasteiger charge is -2.31. The topological polar surface area (TPSA) is 32.8 Å². The van der Waals surface area contributed by atoms with Crippen molar-refractivity contribution >= 4 is 30.8 Å². The van der Waals surface area contributed by atoms with Crippen LogP contribution in [0.1, 0.15) is 16.7 Å². The lowest BCUT2D eigenvalue weighted by Crippen LogP contribution is -2.46. The van der Waals surface area contributed by atoms with Crippen LogP contribution < -0.4 is 4.74 Å². The van der Waals surface area contributed by atoms with Crippen molar-refractivity contribution in [1.82, 2.24) is 9.80 Å². The van der Waals surface area contributed by atoms with Crippen molar-refractivity contribution < 1.29 is 9.53 Å². The van der Waals surface area contributed by atoms with Gasteiger partial charge >= 0.3 is 5.97 Å². The highest BCUT2D eigenvalue weighted by Gasteiger charge is 2.18. The Kier molecular flexibility index (Phi) is 9.01. The second kappa shape index (κ2) is 9.36. The van der Waals surface area contributed by atoms with E-state index in [0.717, 1.165) is 43.1 Å². The SMILES string of the molecule is Cc1cc(C)c(OC(=O)CN2CCN(C)CC2)c(C)c1.Cl.Cl. The van der Waals surface area contributed by atoms with Gasteiger partial charge in [0, 0.05) is 26.2 Å². The highest BCUT2D eigenvalue weighted by Crippen LogP contribution is 2.24. The maximum Gasteiger partial charge on any atom is 0.325 e. The predicted octanol–water partition coefficient (Wildman–Crippen LogP) is 2.61. The summed E-state index contributed by atoms with van der Waals surface area (Å²) in [5.74, 6) is 0.555. The average Bonchev–Trinajstić information content (AvgIpc) is 2.36. The summed E-state index contributed by atoms with van der Waals surface area (Å²) in [5.41, 5.74) is 3.24. The van der Waals surface area contributed by atoms with Crippen molar-refractivity contribution in [2.45, 2.75) is 20.8 Å². The molecule has 4 nitrogen and oxygen atoms in total. The molecule has 1 aliphatic rings. The summed E-state index contributed by atoms with van der Waals surface area (Å²) >= 11 is 0. The molecule has 0 aliphatic carbocycles. The Morgan fingerprint density at radius 3 is 2.05 bits per heavy atom. The van der Waals surface area contributed by atoms with Gasteiger partial charge in [-0.15, -0.1) is 24.8 Å². The van der Waals surface area contributed by atoms with Gasteiger partial charge in [0.1, 0.15) is 5.75 Å². The number of nitrogens with zero attached hydrogens (tertiary/aromatic N) is 2. The van der Waals surface area contributed by atoms with Crippen LogP contribution >= 0.6 is 24.8 Å². The van der Waals surface area contributed by atoms with Crippen LogP contribution in [0.5, 0.6) is 5.75 Å². The third-order valence-corrected chi connectivity index (χ3v) is 3.77. The molecule has 0 unspecified atom stereocenters. The number of halogens is 2. The van der Waals surface area contributed by atoms with Crippen molar-refractivity contribution in [2.75, 3.05) is 39.8 Å². The van der Waals surface area contributed by atoms with Crippen molar-refractivity contribution in [1.29, 1.82) is 0 Å². The molecule has 0 saturated carbocycles. The maximum atomic E-state index is 12.1. The standard InChI is InChI=1S/C16H24N2O2.2ClH/c1-12-9-13(2)16(14(3)10-12)20-15(19)11-18-7-5-17(4)6-8-18;;/h9-10H,5-8,11H2,1-4H3;2*1H. The molecular weight excluding hydrogens is 323 g/mol. The summed E-state index contributed by atoms with van der Waals surface area (Å²) in [4.78, 5) is 16.5. The van der Waals surface area contributed by atoms with E-state index in [4.69, 9.17) is 4.74 Å². The van der Waals surface area contributed by atoms with Crippen LogP contribution in [-0.4, -0.2) is 55.5 Å². The number of esters is 1. The number of benzene rings is 1. The van der Waals surface area contributed by atoms with Crippen molar-refractivity contribution in [3.05, 3.63) is 28.8 Å². The van der Waals surface area contributed by atoms with Crippen LogP contribution in [0.25, 0.3) is 0 Å². The number of ether oxygens (including phenoxy) is 1. The van der Waals surface area contributed by atoms with Crippen LogP contribution in [0, 0.1) is 20.8 Å². The minimum atomic E-state index is -0.162. The number of aryl methyl sites for hydroxylation is 3. The van der Waals surface area contributed by atoms with E-state index in [1.165, 1.54) is 5.56 Å². The summed E-state index contributed by atoms with van der Waals surface area (Å²) in [7, 11) is 2.11. The fourth-order valence-corrected chi connectivity index (χ4v) is 2.66. The fraction of sp³-hybridized carbons (Fsp3) is 0.562. The quantitative estimate of drug-likeness (QED) is 0.620. The Balaban J connectivity index is 0.00000220. The second-order valence-electron chi connectivity index (χ2n) is 5.78. The molecule has 1 aromatic rings. The average molecular weight is 349 g/mol. The van der Waals surface area contributed by atoms with Gasteiger partial charge in [-0.1, -0.05) is 17.7 Å². The first kappa shape index (κ1) is 21.2. The van der Waals surface area contributed by atoms with E-state index in [2.05, 4.69) is 23.8 Å². The van der Waals surface area contributed by atoms with Gasteiger partial charge in [-0.3, -0.25) is 9.69 Å². The number of hydrogen-bond acceptors (Lipinski definition) is 4. The Morgan fingerprint density at radius 1 is 1.05 bits per heavy atom. The van der Waals surface area contributed by atoms with E-state index in [1.807, 2.05) is 26.0 Å². The molecule has 0 aromatic heterocycles. The monoisotopic (exact) mass is 348 g/mol. The van der Waals surface area contributed by atoms with E-state index in [1.54, 1.807) is 0 Å². The lowest BCUT2D eigenvalue weighted by molar-refractivity contribution is -0.136. The minimum absolute atomic E-state index is 0. The summed E-state index contributed by atoms with van der Waals surface area (Å²) in [6.45, 7) is 10.3. The van der Waals surface area contributed by atoms with Crippen LogP contribution in [0.4, 0.5) is 0 Å². The van der Waals surface area contributed by atoms with E-state index in [9.17, 15) is 4.79 Å². The molecule has 1 aromatic carbocycles. The molecular formula is C16H26Cl2N2O2. The van der Waals surface area contributed by atoms with Crippen molar-refractivity contribution in [3.8, 4) is 5.75 Å². The molecule has 126 valence electrons. The van der Waals surface area contributed by atoms with E-state index >= 15 is 0 Å². The van der Waals surface area contributed by atoms with Crippen LogP contribution in [0.3, 0.4) is 0 Å². The number of carbonyl (C=O) groups excluding carboxylic acids is 1. The Hall–Kier alpha value is -0.810. The number of likely N-dealkylation sites (N-methyl/N-ethyl adjacent to an activating group) is 1. The summed E-state index contributed by atoms with van der Waals surface area (Å²) < 4.78 is 5.57. The second-order valence-corrected chi connectivity index (χ2v) is 5.78. The highest BCUT2D eigenvalue weighted by molar-refractivity contribution is 5.85. The van der Waals surface area contributed by atoms with Crippen LogP contribution in [0.15, 0.2) is 12.1 Å². The molecule has 22 heavy (non-hydrogen) atoms. The minimum Gasteiger partial charge on any atom is -0.425 e. The molecule has 1 aliphatic heterocycles. The summed E-state index contributed by atoms with van der Waals surface area (Å²) in [6, 6.07) is 4.09. The summed E-state index contributed by atoms with van der Waals surface area (Å²) in [5, 5.41) is 0. The molecule has 0 spiro atoms.